The van der Waals surface area contributed by atoms with E-state index in [1.54, 1.807) is 23.2 Å². The first-order chi connectivity index (χ1) is 10.8. The lowest BCUT2D eigenvalue weighted by atomic mass is 9.96. The highest BCUT2D eigenvalue weighted by atomic mass is 16.3. The fourth-order valence-corrected chi connectivity index (χ4v) is 3.42. The van der Waals surface area contributed by atoms with Crippen LogP contribution in [0.2, 0.25) is 0 Å². The van der Waals surface area contributed by atoms with Crippen molar-refractivity contribution in [1.82, 2.24) is 19.7 Å². The lowest BCUT2D eigenvalue weighted by molar-refractivity contribution is 0.0678. The van der Waals surface area contributed by atoms with Crippen LogP contribution in [0.1, 0.15) is 30.0 Å². The van der Waals surface area contributed by atoms with Gasteiger partial charge in [-0.05, 0) is 31.2 Å². The molecular formula is C16H20N4O2. The summed E-state index contributed by atoms with van der Waals surface area (Å²) >= 11 is 0. The molecule has 6 heteroatoms. The van der Waals surface area contributed by atoms with Crippen LogP contribution in [0, 0.1) is 5.92 Å². The topological polar surface area (TPSA) is 64.2 Å². The monoisotopic (exact) mass is 300 g/mol. The van der Waals surface area contributed by atoms with Gasteiger partial charge in [0, 0.05) is 25.1 Å². The molecular weight excluding hydrogens is 280 g/mol. The summed E-state index contributed by atoms with van der Waals surface area (Å²) in [6.07, 6.45) is 7.65. The smallest absolute Gasteiger partial charge is 0.267 e. The van der Waals surface area contributed by atoms with Gasteiger partial charge in [-0.25, -0.2) is 9.67 Å². The molecule has 1 aliphatic heterocycles. The van der Waals surface area contributed by atoms with Crippen LogP contribution in [0.3, 0.4) is 0 Å². The van der Waals surface area contributed by atoms with E-state index in [9.17, 15) is 4.79 Å². The Morgan fingerprint density at radius 2 is 2.14 bits per heavy atom. The first-order valence-electron chi connectivity index (χ1n) is 7.98. The maximum Gasteiger partial charge on any atom is 0.267 e. The van der Waals surface area contributed by atoms with Gasteiger partial charge in [0.25, 0.3) is 5.56 Å². The van der Waals surface area contributed by atoms with Crippen molar-refractivity contribution in [2.75, 3.05) is 13.1 Å². The molecule has 0 atom stereocenters. The minimum atomic E-state index is 0.0480. The van der Waals surface area contributed by atoms with Gasteiger partial charge in [0.2, 0.25) is 5.89 Å². The molecule has 0 aromatic carbocycles. The Morgan fingerprint density at radius 1 is 1.27 bits per heavy atom. The normalized spacial score (nSPS) is 18.9. The van der Waals surface area contributed by atoms with Gasteiger partial charge in [0.05, 0.1) is 25.0 Å². The Labute approximate surface area is 128 Å². The fourth-order valence-electron chi connectivity index (χ4n) is 3.42. The summed E-state index contributed by atoms with van der Waals surface area (Å²) in [4.78, 5) is 18.6. The third kappa shape index (κ3) is 2.70. The number of aryl methyl sites for hydroxylation is 2. The van der Waals surface area contributed by atoms with Gasteiger partial charge in [0.1, 0.15) is 6.26 Å². The van der Waals surface area contributed by atoms with Crippen LogP contribution in [-0.4, -0.2) is 32.8 Å². The molecule has 2 aromatic rings. The summed E-state index contributed by atoms with van der Waals surface area (Å²) in [7, 11) is 0. The van der Waals surface area contributed by atoms with Gasteiger partial charge in [0.15, 0.2) is 0 Å². The van der Waals surface area contributed by atoms with Crippen molar-refractivity contribution in [2.24, 2.45) is 5.92 Å². The fraction of sp³-hybridized carbons (Fsp3) is 0.562. The molecule has 1 fully saturated rings. The third-order valence-corrected chi connectivity index (χ3v) is 4.58. The molecule has 2 aliphatic rings. The van der Waals surface area contributed by atoms with E-state index in [0.717, 1.165) is 49.6 Å². The Hall–Kier alpha value is -1.95. The van der Waals surface area contributed by atoms with E-state index in [0.29, 0.717) is 12.5 Å². The summed E-state index contributed by atoms with van der Waals surface area (Å²) in [5, 5.41) is 4.59. The number of hydrogen-bond acceptors (Lipinski definition) is 5. The molecule has 1 aliphatic carbocycles. The van der Waals surface area contributed by atoms with Gasteiger partial charge < -0.3 is 4.42 Å². The second kappa shape index (κ2) is 5.68. The molecule has 3 heterocycles. The van der Waals surface area contributed by atoms with E-state index in [-0.39, 0.29) is 5.56 Å². The largest absolute Gasteiger partial charge is 0.448 e. The Bertz CT molecular complexity index is 701. The van der Waals surface area contributed by atoms with Gasteiger partial charge in [-0.1, -0.05) is 0 Å². The Balaban J connectivity index is 1.37. The zero-order valence-corrected chi connectivity index (χ0v) is 12.6. The molecule has 0 radical (unpaired) electrons. The average Bonchev–Trinajstić information content (AvgIpc) is 2.98. The number of nitrogens with zero attached hydrogens (tertiary/aromatic N) is 4. The molecule has 4 rings (SSSR count). The highest BCUT2D eigenvalue weighted by Gasteiger charge is 2.28. The summed E-state index contributed by atoms with van der Waals surface area (Å²) in [5.41, 5.74) is 2.33. The highest BCUT2D eigenvalue weighted by Crippen LogP contribution is 2.20. The predicted octanol–water partition coefficient (Wildman–Crippen LogP) is 1.24. The minimum Gasteiger partial charge on any atom is -0.448 e. The van der Waals surface area contributed by atoms with Crippen molar-refractivity contribution >= 4 is 0 Å². The number of fused-ring (bicyclic) bond motifs is 1. The van der Waals surface area contributed by atoms with Crippen LogP contribution < -0.4 is 5.56 Å². The zero-order valence-electron chi connectivity index (χ0n) is 12.6. The van der Waals surface area contributed by atoms with Crippen molar-refractivity contribution in [2.45, 2.75) is 38.8 Å². The van der Waals surface area contributed by atoms with Crippen LogP contribution in [-0.2, 0) is 25.9 Å². The second-order valence-corrected chi connectivity index (χ2v) is 6.33. The van der Waals surface area contributed by atoms with Crippen molar-refractivity contribution in [3.8, 4) is 0 Å². The van der Waals surface area contributed by atoms with Crippen molar-refractivity contribution in [3.05, 3.63) is 46.0 Å². The number of hydrogen-bond donors (Lipinski definition) is 0. The van der Waals surface area contributed by atoms with Gasteiger partial charge in [-0.15, -0.1) is 0 Å². The number of rotatable bonds is 4. The van der Waals surface area contributed by atoms with Crippen LogP contribution in [0.15, 0.2) is 27.7 Å². The third-order valence-electron chi connectivity index (χ3n) is 4.58. The molecule has 0 saturated carbocycles. The molecule has 22 heavy (non-hydrogen) atoms. The number of oxazole rings is 1. The maximum absolute atomic E-state index is 12.2. The minimum absolute atomic E-state index is 0.0480. The van der Waals surface area contributed by atoms with Crippen LogP contribution in [0.5, 0.6) is 0 Å². The molecule has 2 aromatic heterocycles. The summed E-state index contributed by atoms with van der Waals surface area (Å²) < 4.78 is 6.92. The number of aromatic nitrogens is 3. The van der Waals surface area contributed by atoms with Gasteiger partial charge >= 0.3 is 0 Å². The van der Waals surface area contributed by atoms with Crippen LogP contribution in [0.4, 0.5) is 0 Å². The summed E-state index contributed by atoms with van der Waals surface area (Å²) in [6, 6.07) is 1.80. The van der Waals surface area contributed by atoms with Crippen molar-refractivity contribution in [3.63, 3.8) is 0 Å². The predicted molar refractivity (Wildman–Crippen MR) is 80.4 cm³/mol. The lowest BCUT2D eigenvalue weighted by Crippen LogP contribution is -2.49. The Kier molecular flexibility index (Phi) is 3.54. The molecule has 0 bridgehead atoms. The van der Waals surface area contributed by atoms with E-state index in [1.807, 2.05) is 0 Å². The van der Waals surface area contributed by atoms with E-state index in [4.69, 9.17) is 4.42 Å². The average molecular weight is 300 g/mol. The quantitative estimate of drug-likeness (QED) is 0.850. The second-order valence-electron chi connectivity index (χ2n) is 6.33. The van der Waals surface area contributed by atoms with Gasteiger partial charge in [-0.3, -0.25) is 9.69 Å². The van der Waals surface area contributed by atoms with E-state index < -0.39 is 0 Å². The SMILES string of the molecule is O=c1cc2c(nn1CC1CN(Cc3ncco3)C1)CCCC2. The van der Waals surface area contributed by atoms with Crippen LogP contribution in [0.25, 0.3) is 0 Å². The van der Waals surface area contributed by atoms with E-state index >= 15 is 0 Å². The number of likely N-dealkylation sites (tertiary alicyclic amines) is 1. The van der Waals surface area contributed by atoms with Gasteiger partial charge in [-0.2, -0.15) is 5.10 Å². The lowest BCUT2D eigenvalue weighted by Gasteiger charge is -2.38. The summed E-state index contributed by atoms with van der Waals surface area (Å²) in [5.74, 6) is 1.24. The molecule has 1 saturated heterocycles. The zero-order chi connectivity index (χ0) is 14.9. The summed E-state index contributed by atoms with van der Waals surface area (Å²) in [6.45, 7) is 3.39. The maximum atomic E-state index is 12.2. The molecule has 116 valence electrons. The standard InChI is InChI=1S/C16H20N4O2/c21-16-7-13-3-1-2-4-14(13)18-20(16)10-12-8-19(9-12)11-15-17-5-6-22-15/h5-7,12H,1-4,8-11H2. The molecule has 0 spiro atoms. The van der Waals surface area contributed by atoms with Crippen molar-refractivity contribution < 1.29 is 4.42 Å². The van der Waals surface area contributed by atoms with Crippen LogP contribution >= 0.6 is 0 Å². The molecule has 0 amide bonds. The Morgan fingerprint density at radius 3 is 2.95 bits per heavy atom. The first-order valence-corrected chi connectivity index (χ1v) is 7.98. The van der Waals surface area contributed by atoms with E-state index in [2.05, 4.69) is 15.0 Å². The molecule has 0 N–H and O–H groups in total. The molecule has 6 nitrogen and oxygen atoms in total. The van der Waals surface area contributed by atoms with Crippen molar-refractivity contribution in [1.29, 1.82) is 0 Å². The molecule has 0 unspecified atom stereocenters. The highest BCUT2D eigenvalue weighted by molar-refractivity contribution is 5.20. The first kappa shape index (κ1) is 13.7. The van der Waals surface area contributed by atoms with E-state index in [1.165, 1.54) is 12.8 Å².